The second kappa shape index (κ2) is 6.70. The SMILES string of the molecule is Cc1ccccc1C(=O)O[C@H](C(=O)NC(N)=O)C(C)C. The van der Waals surface area contributed by atoms with E-state index in [9.17, 15) is 14.4 Å². The van der Waals surface area contributed by atoms with E-state index in [2.05, 4.69) is 0 Å². The lowest BCUT2D eigenvalue weighted by molar-refractivity contribution is -0.130. The lowest BCUT2D eigenvalue weighted by Gasteiger charge is -2.20. The van der Waals surface area contributed by atoms with Crippen molar-refractivity contribution in [2.45, 2.75) is 26.9 Å². The normalized spacial score (nSPS) is 11.8. The van der Waals surface area contributed by atoms with Crippen LogP contribution in [0.5, 0.6) is 0 Å². The quantitative estimate of drug-likeness (QED) is 0.812. The summed E-state index contributed by atoms with van der Waals surface area (Å²) in [4.78, 5) is 34.5. The minimum atomic E-state index is -1.07. The van der Waals surface area contributed by atoms with Gasteiger partial charge in [0, 0.05) is 0 Å². The van der Waals surface area contributed by atoms with Gasteiger partial charge in [-0.3, -0.25) is 10.1 Å². The number of nitrogens with two attached hydrogens (primary N) is 1. The number of aryl methyl sites for hydroxylation is 1. The lowest BCUT2D eigenvalue weighted by atomic mass is 10.1. The van der Waals surface area contributed by atoms with Gasteiger partial charge in [0.25, 0.3) is 5.91 Å². The Morgan fingerprint density at radius 1 is 1.20 bits per heavy atom. The molecule has 0 aliphatic heterocycles. The summed E-state index contributed by atoms with van der Waals surface area (Å²) < 4.78 is 5.18. The maximum Gasteiger partial charge on any atom is 0.339 e. The van der Waals surface area contributed by atoms with Crippen molar-refractivity contribution in [3.8, 4) is 0 Å². The molecule has 0 heterocycles. The van der Waals surface area contributed by atoms with Crippen molar-refractivity contribution >= 4 is 17.9 Å². The average Bonchev–Trinajstić information content (AvgIpc) is 2.34. The molecule has 6 heteroatoms. The van der Waals surface area contributed by atoms with Crippen LogP contribution in [-0.2, 0) is 9.53 Å². The van der Waals surface area contributed by atoms with Gasteiger partial charge in [0.15, 0.2) is 6.10 Å². The van der Waals surface area contributed by atoms with Crippen LogP contribution in [0.25, 0.3) is 0 Å². The number of nitrogens with one attached hydrogen (secondary N) is 1. The van der Waals surface area contributed by atoms with Crippen LogP contribution in [0.15, 0.2) is 24.3 Å². The summed E-state index contributed by atoms with van der Waals surface area (Å²) in [5.74, 6) is -1.63. The fourth-order valence-electron chi connectivity index (χ4n) is 1.67. The number of ether oxygens (including phenoxy) is 1. The summed E-state index contributed by atoms with van der Waals surface area (Å²) in [7, 11) is 0. The maximum atomic E-state index is 12.1. The molecule has 3 N–H and O–H groups in total. The van der Waals surface area contributed by atoms with E-state index in [0.717, 1.165) is 5.56 Å². The molecule has 1 aromatic rings. The highest BCUT2D eigenvalue weighted by molar-refractivity contribution is 5.98. The second-order valence-electron chi connectivity index (χ2n) is 4.74. The summed E-state index contributed by atoms with van der Waals surface area (Å²) in [5.41, 5.74) is 6.01. The monoisotopic (exact) mass is 278 g/mol. The molecule has 1 rings (SSSR count). The summed E-state index contributed by atoms with van der Waals surface area (Å²) in [6, 6.07) is 5.90. The summed E-state index contributed by atoms with van der Waals surface area (Å²) in [6.45, 7) is 5.18. The smallest absolute Gasteiger partial charge is 0.339 e. The Morgan fingerprint density at radius 2 is 1.80 bits per heavy atom. The number of hydrogen-bond donors (Lipinski definition) is 2. The zero-order chi connectivity index (χ0) is 15.3. The summed E-state index contributed by atoms with van der Waals surface area (Å²) >= 11 is 0. The van der Waals surface area contributed by atoms with Crippen molar-refractivity contribution in [2.24, 2.45) is 11.7 Å². The molecule has 0 aliphatic rings. The van der Waals surface area contributed by atoms with Gasteiger partial charge in [0.1, 0.15) is 0 Å². The molecule has 20 heavy (non-hydrogen) atoms. The molecule has 0 saturated carbocycles. The number of benzene rings is 1. The van der Waals surface area contributed by atoms with Gasteiger partial charge in [0.2, 0.25) is 0 Å². The second-order valence-corrected chi connectivity index (χ2v) is 4.74. The van der Waals surface area contributed by atoms with E-state index in [0.29, 0.717) is 5.56 Å². The first kappa shape index (κ1) is 15.7. The van der Waals surface area contributed by atoms with Crippen LogP contribution < -0.4 is 11.1 Å². The molecule has 0 spiro atoms. The molecule has 108 valence electrons. The van der Waals surface area contributed by atoms with Gasteiger partial charge in [-0.25, -0.2) is 9.59 Å². The Balaban J connectivity index is 2.86. The molecular weight excluding hydrogens is 260 g/mol. The number of rotatable bonds is 4. The number of amides is 3. The van der Waals surface area contributed by atoms with Crippen molar-refractivity contribution in [3.63, 3.8) is 0 Å². The van der Waals surface area contributed by atoms with Crippen LogP contribution >= 0.6 is 0 Å². The predicted molar refractivity (Wildman–Crippen MR) is 72.9 cm³/mol. The first-order valence-corrected chi connectivity index (χ1v) is 6.19. The van der Waals surface area contributed by atoms with Crippen molar-refractivity contribution in [1.82, 2.24) is 5.32 Å². The topological polar surface area (TPSA) is 98.5 Å². The highest BCUT2D eigenvalue weighted by atomic mass is 16.5. The van der Waals surface area contributed by atoms with Gasteiger partial charge in [-0.05, 0) is 24.5 Å². The average molecular weight is 278 g/mol. The first-order valence-electron chi connectivity index (χ1n) is 6.19. The number of esters is 1. The predicted octanol–water partition coefficient (Wildman–Crippen LogP) is 1.37. The van der Waals surface area contributed by atoms with Crippen molar-refractivity contribution in [3.05, 3.63) is 35.4 Å². The summed E-state index contributed by atoms with van der Waals surface area (Å²) in [6.07, 6.45) is -1.07. The Labute approximate surface area is 117 Å². The molecule has 0 bridgehead atoms. The van der Waals surface area contributed by atoms with E-state index in [-0.39, 0.29) is 5.92 Å². The van der Waals surface area contributed by atoms with Gasteiger partial charge in [0.05, 0.1) is 5.56 Å². The van der Waals surface area contributed by atoms with Gasteiger partial charge < -0.3 is 10.5 Å². The van der Waals surface area contributed by atoms with Gasteiger partial charge in [-0.15, -0.1) is 0 Å². The van der Waals surface area contributed by atoms with E-state index < -0.39 is 24.0 Å². The third-order valence-corrected chi connectivity index (χ3v) is 2.71. The third kappa shape index (κ3) is 4.08. The molecule has 6 nitrogen and oxygen atoms in total. The van der Waals surface area contributed by atoms with Crippen LogP contribution in [0.3, 0.4) is 0 Å². The Kier molecular flexibility index (Phi) is 5.25. The fraction of sp³-hybridized carbons (Fsp3) is 0.357. The van der Waals surface area contributed by atoms with E-state index in [4.69, 9.17) is 10.5 Å². The molecule has 0 saturated heterocycles. The molecule has 0 radical (unpaired) electrons. The van der Waals surface area contributed by atoms with Crippen molar-refractivity contribution in [2.75, 3.05) is 0 Å². The molecular formula is C14H18N2O4. The van der Waals surface area contributed by atoms with Crippen molar-refractivity contribution < 1.29 is 19.1 Å². The molecule has 0 unspecified atom stereocenters. The number of hydrogen-bond acceptors (Lipinski definition) is 4. The number of primary amides is 1. The number of imide groups is 1. The Bertz CT molecular complexity index is 526. The van der Waals surface area contributed by atoms with E-state index in [1.54, 1.807) is 45.0 Å². The molecule has 3 amide bonds. The van der Waals surface area contributed by atoms with Crippen LogP contribution in [0, 0.1) is 12.8 Å². The zero-order valence-corrected chi connectivity index (χ0v) is 11.7. The molecule has 0 aliphatic carbocycles. The van der Waals surface area contributed by atoms with Crippen LogP contribution in [-0.4, -0.2) is 24.0 Å². The minimum absolute atomic E-state index is 0.290. The number of carbonyl (C=O) groups excluding carboxylic acids is 3. The van der Waals surface area contributed by atoms with Gasteiger partial charge in [-0.2, -0.15) is 0 Å². The fourth-order valence-corrected chi connectivity index (χ4v) is 1.67. The minimum Gasteiger partial charge on any atom is -0.448 e. The lowest BCUT2D eigenvalue weighted by Crippen LogP contribution is -2.45. The van der Waals surface area contributed by atoms with Crippen LogP contribution in [0.4, 0.5) is 4.79 Å². The highest BCUT2D eigenvalue weighted by Gasteiger charge is 2.28. The van der Waals surface area contributed by atoms with Gasteiger partial charge in [-0.1, -0.05) is 32.0 Å². The number of carbonyl (C=O) groups is 3. The highest BCUT2D eigenvalue weighted by Crippen LogP contribution is 2.13. The molecule has 0 aromatic heterocycles. The van der Waals surface area contributed by atoms with Gasteiger partial charge >= 0.3 is 12.0 Å². The molecule has 1 aromatic carbocycles. The van der Waals surface area contributed by atoms with E-state index in [1.165, 1.54) is 0 Å². The Morgan fingerprint density at radius 3 is 2.30 bits per heavy atom. The molecule has 0 fully saturated rings. The molecule has 1 atom stereocenters. The first-order chi connectivity index (χ1) is 9.32. The van der Waals surface area contributed by atoms with E-state index in [1.807, 2.05) is 5.32 Å². The van der Waals surface area contributed by atoms with Crippen molar-refractivity contribution in [1.29, 1.82) is 0 Å². The third-order valence-electron chi connectivity index (χ3n) is 2.71. The Hall–Kier alpha value is -2.37. The summed E-state index contributed by atoms with van der Waals surface area (Å²) in [5, 5.41) is 1.92. The standard InChI is InChI=1S/C14H18N2O4/c1-8(2)11(12(17)16-14(15)19)20-13(18)10-7-5-4-6-9(10)3/h4-8,11H,1-3H3,(H3,15,16,17,19)/t11-/m0/s1. The largest absolute Gasteiger partial charge is 0.448 e. The van der Waals surface area contributed by atoms with Crippen LogP contribution in [0.1, 0.15) is 29.8 Å². The van der Waals surface area contributed by atoms with Crippen LogP contribution in [0.2, 0.25) is 0 Å². The maximum absolute atomic E-state index is 12.1. The zero-order valence-electron chi connectivity index (χ0n) is 11.7. The van der Waals surface area contributed by atoms with E-state index >= 15 is 0 Å². The number of urea groups is 1.